The van der Waals surface area contributed by atoms with Crippen molar-refractivity contribution in [3.05, 3.63) is 107 Å². The number of pyridine rings is 2. The molecule has 1 atom stereocenters. The maximum absolute atomic E-state index is 14.3. The summed E-state index contributed by atoms with van der Waals surface area (Å²) in [5, 5.41) is 4.92. The maximum atomic E-state index is 14.3. The van der Waals surface area contributed by atoms with Crippen LogP contribution in [0.1, 0.15) is 18.7 Å². The first-order chi connectivity index (χ1) is 18.7. The van der Waals surface area contributed by atoms with Crippen molar-refractivity contribution in [2.24, 2.45) is 0 Å². The lowest BCUT2D eigenvalue weighted by Gasteiger charge is -2.22. The summed E-state index contributed by atoms with van der Waals surface area (Å²) in [5.74, 6) is 0.627. The van der Waals surface area contributed by atoms with Gasteiger partial charge in [-0.15, -0.1) is 11.3 Å². The van der Waals surface area contributed by atoms with Gasteiger partial charge < -0.3 is 9.73 Å². The molecule has 184 valence electrons. The van der Waals surface area contributed by atoms with Crippen molar-refractivity contribution in [2.45, 2.75) is 13.0 Å². The lowest BCUT2D eigenvalue weighted by molar-refractivity contribution is 0.615. The minimum Gasteiger partial charge on any atom is -0.463 e. The van der Waals surface area contributed by atoms with Gasteiger partial charge in [0.15, 0.2) is 11.4 Å². The quantitative estimate of drug-likeness (QED) is 0.284. The summed E-state index contributed by atoms with van der Waals surface area (Å²) >= 11 is 1.46. The number of fused-ring (bicyclic) bond motifs is 3. The van der Waals surface area contributed by atoms with Crippen LogP contribution in [-0.2, 0) is 0 Å². The molecule has 1 unspecified atom stereocenters. The predicted molar refractivity (Wildman–Crippen MR) is 150 cm³/mol. The lowest BCUT2D eigenvalue weighted by atomic mass is 9.98. The first kappa shape index (κ1) is 22.3. The van der Waals surface area contributed by atoms with Gasteiger partial charge >= 0.3 is 0 Å². The third-order valence-electron chi connectivity index (χ3n) is 6.64. The van der Waals surface area contributed by atoms with Crippen LogP contribution in [0.5, 0.6) is 0 Å². The Bertz CT molecular complexity index is 2010. The van der Waals surface area contributed by atoms with Crippen LogP contribution in [0.4, 0.5) is 5.82 Å². The molecule has 7 rings (SSSR count). The summed E-state index contributed by atoms with van der Waals surface area (Å²) in [6, 6.07) is 21.1. The molecule has 0 aliphatic rings. The summed E-state index contributed by atoms with van der Waals surface area (Å²) in [6.45, 7) is 2.01. The standard InChI is InChI=1S/C29H20N6O2S/c1-17(34-27-26-28(32-15-31-27)38-16-33-26)23-12-18-6-5-9-21(19-13-24-22(30-14-19)10-11-37-24)25(18)29(36)35(23)20-7-3-2-4-8-20/h2-17H,1H3,(H,31,32,34). The Kier molecular flexibility index (Phi) is 5.22. The van der Waals surface area contributed by atoms with Gasteiger partial charge in [-0.3, -0.25) is 14.3 Å². The van der Waals surface area contributed by atoms with Crippen LogP contribution < -0.4 is 10.9 Å². The normalized spacial score (nSPS) is 12.3. The topological polar surface area (TPSA) is 98.7 Å². The highest BCUT2D eigenvalue weighted by Crippen LogP contribution is 2.32. The van der Waals surface area contributed by atoms with Crippen molar-refractivity contribution < 1.29 is 4.42 Å². The average molecular weight is 517 g/mol. The Morgan fingerprint density at radius 1 is 0.974 bits per heavy atom. The summed E-state index contributed by atoms with van der Waals surface area (Å²) in [5.41, 5.74) is 6.99. The summed E-state index contributed by atoms with van der Waals surface area (Å²) < 4.78 is 7.34. The van der Waals surface area contributed by atoms with Gasteiger partial charge in [-0.25, -0.2) is 15.0 Å². The summed E-state index contributed by atoms with van der Waals surface area (Å²) in [7, 11) is 0. The molecule has 1 N–H and O–H groups in total. The Balaban J connectivity index is 1.44. The van der Waals surface area contributed by atoms with Crippen molar-refractivity contribution >= 4 is 49.4 Å². The van der Waals surface area contributed by atoms with Crippen molar-refractivity contribution in [3.63, 3.8) is 0 Å². The van der Waals surface area contributed by atoms with Crippen LogP contribution in [-0.4, -0.2) is 24.5 Å². The maximum Gasteiger partial charge on any atom is 0.263 e. The fraction of sp³-hybridized carbons (Fsp3) is 0.0690. The number of anilines is 1. The second-order valence-electron chi connectivity index (χ2n) is 8.94. The molecule has 5 heterocycles. The van der Waals surface area contributed by atoms with E-state index >= 15 is 0 Å². The van der Waals surface area contributed by atoms with Gasteiger partial charge in [0.1, 0.15) is 22.2 Å². The van der Waals surface area contributed by atoms with Gasteiger partial charge in [0, 0.05) is 29.2 Å². The minimum absolute atomic E-state index is 0.117. The highest BCUT2D eigenvalue weighted by Gasteiger charge is 2.20. The van der Waals surface area contributed by atoms with Gasteiger partial charge in [0.05, 0.1) is 23.2 Å². The van der Waals surface area contributed by atoms with E-state index in [0.29, 0.717) is 22.3 Å². The smallest absolute Gasteiger partial charge is 0.263 e. The first-order valence-electron chi connectivity index (χ1n) is 12.1. The van der Waals surface area contributed by atoms with E-state index in [4.69, 9.17) is 4.42 Å². The highest BCUT2D eigenvalue weighted by atomic mass is 32.1. The second-order valence-corrected chi connectivity index (χ2v) is 9.77. The second kappa shape index (κ2) is 8.89. The predicted octanol–water partition coefficient (Wildman–Crippen LogP) is 6.37. The largest absolute Gasteiger partial charge is 0.463 e. The van der Waals surface area contributed by atoms with Gasteiger partial charge in [-0.2, -0.15) is 0 Å². The fourth-order valence-corrected chi connectivity index (χ4v) is 5.48. The molecule has 0 amide bonds. The zero-order valence-corrected chi connectivity index (χ0v) is 21.0. The van der Waals surface area contributed by atoms with Crippen LogP contribution in [0.25, 0.3) is 49.0 Å². The number of rotatable bonds is 5. The Morgan fingerprint density at radius 2 is 1.87 bits per heavy atom. The number of para-hydroxylation sites is 1. The number of hydrogen-bond donors (Lipinski definition) is 1. The zero-order valence-electron chi connectivity index (χ0n) is 20.2. The van der Waals surface area contributed by atoms with Crippen LogP contribution in [0.15, 0.2) is 100 Å². The van der Waals surface area contributed by atoms with Crippen molar-refractivity contribution in [2.75, 3.05) is 5.32 Å². The molecule has 8 nitrogen and oxygen atoms in total. The molecule has 0 saturated carbocycles. The van der Waals surface area contributed by atoms with E-state index in [9.17, 15) is 4.79 Å². The molecule has 0 fully saturated rings. The molecule has 7 aromatic rings. The third kappa shape index (κ3) is 3.63. The van der Waals surface area contributed by atoms with Crippen LogP contribution in [0, 0.1) is 0 Å². The van der Waals surface area contributed by atoms with E-state index in [1.54, 1.807) is 22.5 Å². The van der Waals surface area contributed by atoms with E-state index < -0.39 is 0 Å². The molecule has 0 aliphatic heterocycles. The molecule has 5 aromatic heterocycles. The Labute approximate surface area is 220 Å². The van der Waals surface area contributed by atoms with E-state index in [1.165, 1.54) is 17.7 Å². The molecule has 2 aromatic carbocycles. The minimum atomic E-state index is -0.267. The summed E-state index contributed by atoms with van der Waals surface area (Å²) in [4.78, 5) is 32.8. The SMILES string of the molecule is CC(Nc1ncnc2scnc12)c1cc2cccc(-c3cnc4ccoc4c3)c2c(=O)n1-c1ccccc1. The first-order valence-corrected chi connectivity index (χ1v) is 12.9. The molecule has 0 aliphatic carbocycles. The molecule has 38 heavy (non-hydrogen) atoms. The lowest BCUT2D eigenvalue weighted by Crippen LogP contribution is -2.26. The van der Waals surface area contributed by atoms with Crippen LogP contribution >= 0.6 is 11.3 Å². The fourth-order valence-electron chi connectivity index (χ4n) is 4.86. The highest BCUT2D eigenvalue weighted by molar-refractivity contribution is 7.16. The van der Waals surface area contributed by atoms with E-state index in [-0.39, 0.29) is 11.6 Å². The van der Waals surface area contributed by atoms with Crippen molar-refractivity contribution in [3.8, 4) is 16.8 Å². The van der Waals surface area contributed by atoms with Gasteiger partial charge in [0.25, 0.3) is 5.56 Å². The third-order valence-corrected chi connectivity index (χ3v) is 7.37. The van der Waals surface area contributed by atoms with E-state index in [0.717, 1.165) is 38.2 Å². The average Bonchev–Trinajstić information content (AvgIpc) is 3.63. The Hall–Kier alpha value is -4.89. The van der Waals surface area contributed by atoms with Crippen LogP contribution in [0.2, 0.25) is 0 Å². The number of furan rings is 1. The van der Waals surface area contributed by atoms with Crippen molar-refractivity contribution in [1.82, 2.24) is 24.5 Å². The number of hydrogen-bond acceptors (Lipinski definition) is 8. The molecule has 0 bridgehead atoms. The molecular weight excluding hydrogens is 496 g/mol. The monoisotopic (exact) mass is 516 g/mol. The molecule has 0 radical (unpaired) electrons. The summed E-state index contributed by atoms with van der Waals surface area (Å²) in [6.07, 6.45) is 4.92. The van der Waals surface area contributed by atoms with Gasteiger partial charge in [-0.1, -0.05) is 36.4 Å². The van der Waals surface area contributed by atoms with Crippen LogP contribution in [0.3, 0.4) is 0 Å². The number of nitrogens with one attached hydrogen (secondary N) is 1. The molecule has 9 heteroatoms. The zero-order chi connectivity index (χ0) is 25.6. The molecule has 0 saturated heterocycles. The number of aromatic nitrogens is 5. The number of thiazole rings is 1. The number of benzene rings is 2. The van der Waals surface area contributed by atoms with Gasteiger partial charge in [0.2, 0.25) is 0 Å². The molecule has 0 spiro atoms. The van der Waals surface area contributed by atoms with Crippen molar-refractivity contribution in [1.29, 1.82) is 0 Å². The van der Waals surface area contributed by atoms with E-state index in [2.05, 4.69) is 31.3 Å². The molecular formula is C29H20N6O2S. The van der Waals surface area contributed by atoms with Gasteiger partial charge in [-0.05, 0) is 42.1 Å². The Morgan fingerprint density at radius 3 is 2.76 bits per heavy atom. The van der Waals surface area contributed by atoms with E-state index in [1.807, 2.05) is 67.6 Å². The number of nitrogens with zero attached hydrogens (tertiary/aromatic N) is 5.